The van der Waals surface area contributed by atoms with E-state index in [1.165, 1.54) is 0 Å². The van der Waals surface area contributed by atoms with Crippen molar-refractivity contribution in [2.24, 2.45) is 0 Å². The molecular formula is C13H19NO3S. The molecule has 0 saturated heterocycles. The van der Waals surface area contributed by atoms with E-state index in [9.17, 15) is 8.42 Å². The molecule has 0 amide bonds. The Balaban J connectivity index is 2.02. The predicted molar refractivity (Wildman–Crippen MR) is 70.4 cm³/mol. The SMILES string of the molecule is CC1(NS(=O)(=O)Cc2ccc(CO)cc2)CCC1. The molecule has 0 aliphatic heterocycles. The van der Waals surface area contributed by atoms with Gasteiger partial charge in [0.25, 0.3) is 0 Å². The fourth-order valence-electron chi connectivity index (χ4n) is 2.18. The van der Waals surface area contributed by atoms with Crippen molar-refractivity contribution in [1.82, 2.24) is 4.72 Å². The molecule has 1 aromatic carbocycles. The summed E-state index contributed by atoms with van der Waals surface area (Å²) in [5.74, 6) is -0.00566. The van der Waals surface area contributed by atoms with E-state index < -0.39 is 10.0 Å². The van der Waals surface area contributed by atoms with Crippen molar-refractivity contribution in [3.8, 4) is 0 Å². The van der Waals surface area contributed by atoms with Gasteiger partial charge in [-0.1, -0.05) is 24.3 Å². The van der Waals surface area contributed by atoms with Gasteiger partial charge in [0.05, 0.1) is 12.4 Å². The minimum atomic E-state index is -3.29. The van der Waals surface area contributed by atoms with Crippen LogP contribution < -0.4 is 4.72 Å². The molecule has 2 rings (SSSR count). The van der Waals surface area contributed by atoms with Gasteiger partial charge < -0.3 is 5.11 Å². The Morgan fingerprint density at radius 1 is 1.22 bits per heavy atom. The molecule has 0 atom stereocenters. The van der Waals surface area contributed by atoms with Gasteiger partial charge >= 0.3 is 0 Å². The van der Waals surface area contributed by atoms with Crippen LogP contribution in [0.15, 0.2) is 24.3 Å². The lowest BCUT2D eigenvalue weighted by Gasteiger charge is -2.38. The minimum absolute atomic E-state index is 0.00566. The molecule has 0 spiro atoms. The van der Waals surface area contributed by atoms with Crippen LogP contribution in [0.2, 0.25) is 0 Å². The summed E-state index contributed by atoms with van der Waals surface area (Å²) in [7, 11) is -3.29. The lowest BCUT2D eigenvalue weighted by molar-refractivity contribution is 0.248. The summed E-state index contributed by atoms with van der Waals surface area (Å²) in [6.07, 6.45) is 2.91. The van der Waals surface area contributed by atoms with Crippen LogP contribution in [-0.4, -0.2) is 19.1 Å². The zero-order valence-corrected chi connectivity index (χ0v) is 11.3. The highest BCUT2D eigenvalue weighted by Gasteiger charge is 2.35. The second-order valence-corrected chi connectivity index (χ2v) is 6.97. The van der Waals surface area contributed by atoms with E-state index in [1.54, 1.807) is 24.3 Å². The Morgan fingerprint density at radius 3 is 2.22 bits per heavy atom. The molecule has 0 aromatic heterocycles. The van der Waals surface area contributed by atoms with Crippen LogP contribution in [-0.2, 0) is 22.4 Å². The summed E-state index contributed by atoms with van der Waals surface area (Å²) in [5.41, 5.74) is 1.28. The Hall–Kier alpha value is -0.910. The van der Waals surface area contributed by atoms with Crippen LogP contribution in [0.5, 0.6) is 0 Å². The molecule has 100 valence electrons. The summed E-state index contributed by atoms with van der Waals surface area (Å²) >= 11 is 0. The van der Waals surface area contributed by atoms with Gasteiger partial charge in [0.15, 0.2) is 0 Å². The maximum atomic E-state index is 12.0. The highest BCUT2D eigenvalue weighted by molar-refractivity contribution is 7.88. The third-order valence-electron chi connectivity index (χ3n) is 3.42. The molecule has 0 radical (unpaired) electrons. The topological polar surface area (TPSA) is 66.4 Å². The number of hydrogen-bond acceptors (Lipinski definition) is 3. The molecule has 1 saturated carbocycles. The van der Waals surface area contributed by atoms with E-state index in [0.717, 1.165) is 30.4 Å². The number of hydrogen-bond donors (Lipinski definition) is 2. The number of rotatable bonds is 5. The molecule has 0 heterocycles. The molecule has 1 aliphatic carbocycles. The smallest absolute Gasteiger partial charge is 0.216 e. The number of aliphatic hydroxyl groups excluding tert-OH is 1. The lowest BCUT2D eigenvalue weighted by atomic mass is 9.80. The van der Waals surface area contributed by atoms with Crippen LogP contribution >= 0.6 is 0 Å². The van der Waals surface area contributed by atoms with E-state index in [1.807, 2.05) is 6.92 Å². The van der Waals surface area contributed by atoms with Crippen molar-refractivity contribution in [1.29, 1.82) is 0 Å². The standard InChI is InChI=1S/C13H19NO3S/c1-13(7-2-8-13)14-18(16,17)10-12-5-3-11(9-15)4-6-12/h3-6,14-15H,2,7-10H2,1H3. The number of aliphatic hydroxyl groups is 1. The maximum absolute atomic E-state index is 12.0. The zero-order chi connectivity index (χ0) is 13.2. The first-order valence-corrected chi connectivity index (χ1v) is 7.78. The van der Waals surface area contributed by atoms with Gasteiger partial charge in [-0.2, -0.15) is 0 Å². The molecule has 2 N–H and O–H groups in total. The van der Waals surface area contributed by atoms with Gasteiger partial charge in [-0.3, -0.25) is 0 Å². The highest BCUT2D eigenvalue weighted by Crippen LogP contribution is 2.31. The van der Waals surface area contributed by atoms with E-state index in [2.05, 4.69) is 4.72 Å². The summed E-state index contributed by atoms with van der Waals surface area (Å²) < 4.78 is 26.8. The minimum Gasteiger partial charge on any atom is -0.392 e. The van der Waals surface area contributed by atoms with Gasteiger partial charge in [0.2, 0.25) is 10.0 Å². The molecule has 1 fully saturated rings. The van der Waals surface area contributed by atoms with Gasteiger partial charge in [0.1, 0.15) is 0 Å². The first-order valence-electron chi connectivity index (χ1n) is 6.13. The average Bonchev–Trinajstić information content (AvgIpc) is 2.27. The quantitative estimate of drug-likeness (QED) is 0.852. The lowest BCUT2D eigenvalue weighted by Crippen LogP contribution is -2.51. The monoisotopic (exact) mass is 269 g/mol. The van der Waals surface area contributed by atoms with Crippen molar-refractivity contribution < 1.29 is 13.5 Å². The summed E-state index contributed by atoms with van der Waals surface area (Å²) in [4.78, 5) is 0. The van der Waals surface area contributed by atoms with E-state index in [-0.39, 0.29) is 17.9 Å². The third-order valence-corrected chi connectivity index (χ3v) is 4.94. The van der Waals surface area contributed by atoms with Crippen LogP contribution in [0.1, 0.15) is 37.3 Å². The molecule has 1 aromatic rings. The van der Waals surface area contributed by atoms with E-state index in [0.29, 0.717) is 0 Å². The summed E-state index contributed by atoms with van der Waals surface area (Å²) in [6, 6.07) is 6.98. The van der Waals surface area contributed by atoms with Gasteiger partial charge in [0, 0.05) is 5.54 Å². The number of sulfonamides is 1. The van der Waals surface area contributed by atoms with Gasteiger partial charge in [-0.05, 0) is 37.3 Å². The molecule has 4 nitrogen and oxygen atoms in total. The normalized spacial score (nSPS) is 18.3. The van der Waals surface area contributed by atoms with Crippen molar-refractivity contribution >= 4 is 10.0 Å². The largest absolute Gasteiger partial charge is 0.392 e. The molecule has 18 heavy (non-hydrogen) atoms. The van der Waals surface area contributed by atoms with Gasteiger partial charge in [-0.25, -0.2) is 13.1 Å². The van der Waals surface area contributed by atoms with Gasteiger partial charge in [-0.15, -0.1) is 0 Å². The van der Waals surface area contributed by atoms with Crippen LogP contribution in [0.4, 0.5) is 0 Å². The molecule has 5 heteroatoms. The van der Waals surface area contributed by atoms with Crippen molar-refractivity contribution in [3.05, 3.63) is 35.4 Å². The van der Waals surface area contributed by atoms with Crippen LogP contribution in [0.3, 0.4) is 0 Å². The molecule has 0 bridgehead atoms. The first-order chi connectivity index (χ1) is 8.42. The first kappa shape index (κ1) is 13.5. The summed E-state index contributed by atoms with van der Waals surface area (Å²) in [5, 5.41) is 8.92. The fraction of sp³-hybridized carbons (Fsp3) is 0.538. The third kappa shape index (κ3) is 3.31. The predicted octanol–water partition coefficient (Wildman–Crippen LogP) is 1.54. The average molecular weight is 269 g/mol. The second kappa shape index (κ2) is 4.99. The molecule has 1 aliphatic rings. The van der Waals surface area contributed by atoms with E-state index >= 15 is 0 Å². The fourth-order valence-corrected chi connectivity index (χ4v) is 3.84. The Kier molecular flexibility index (Phi) is 3.75. The van der Waals surface area contributed by atoms with Crippen molar-refractivity contribution in [3.63, 3.8) is 0 Å². The number of benzene rings is 1. The molecular weight excluding hydrogens is 250 g/mol. The van der Waals surface area contributed by atoms with Crippen molar-refractivity contribution in [2.75, 3.05) is 0 Å². The van der Waals surface area contributed by atoms with Crippen LogP contribution in [0.25, 0.3) is 0 Å². The highest BCUT2D eigenvalue weighted by atomic mass is 32.2. The van der Waals surface area contributed by atoms with Crippen molar-refractivity contribution in [2.45, 2.75) is 44.1 Å². The Bertz CT molecular complexity index is 504. The maximum Gasteiger partial charge on any atom is 0.216 e. The van der Waals surface area contributed by atoms with E-state index in [4.69, 9.17) is 5.11 Å². The molecule has 0 unspecified atom stereocenters. The second-order valence-electron chi connectivity index (χ2n) is 5.25. The summed E-state index contributed by atoms with van der Waals surface area (Å²) in [6.45, 7) is 1.92. The zero-order valence-electron chi connectivity index (χ0n) is 10.5. The Morgan fingerprint density at radius 2 is 1.78 bits per heavy atom. The number of nitrogens with one attached hydrogen (secondary N) is 1. The van der Waals surface area contributed by atoms with Crippen LogP contribution in [0, 0.1) is 0 Å². The Labute approximate surface area is 108 Å².